The fourth-order valence-corrected chi connectivity index (χ4v) is 3.23. The van der Waals surface area contributed by atoms with Crippen LogP contribution in [0, 0.1) is 5.41 Å². The number of rotatable bonds is 9. The van der Waals surface area contributed by atoms with E-state index in [1.54, 1.807) is 0 Å². The zero-order chi connectivity index (χ0) is 22.3. The summed E-state index contributed by atoms with van der Waals surface area (Å²) in [6.45, 7) is 6.09. The highest BCUT2D eigenvalue weighted by atomic mass is 35.5. The van der Waals surface area contributed by atoms with Gasteiger partial charge in [-0.05, 0) is 30.2 Å². The molecule has 0 aliphatic carbocycles. The summed E-state index contributed by atoms with van der Waals surface area (Å²) in [5.74, 6) is 0.855. The first kappa shape index (κ1) is 22.6. The van der Waals surface area contributed by atoms with E-state index < -0.39 is 23.8 Å². The Bertz CT molecular complexity index is 947. The maximum atomic E-state index is 12.3. The number of benzene rings is 2. The zero-order valence-corrected chi connectivity index (χ0v) is 18.6. The van der Waals surface area contributed by atoms with Crippen molar-refractivity contribution >= 4 is 17.7 Å². The van der Waals surface area contributed by atoms with Crippen molar-refractivity contribution in [3.8, 4) is 16.9 Å². The minimum absolute atomic E-state index is 0.249. The molecule has 164 valence electrons. The smallest absolute Gasteiger partial charge is 0.407 e. The van der Waals surface area contributed by atoms with Crippen molar-refractivity contribution in [1.29, 1.82) is 0 Å². The van der Waals surface area contributed by atoms with E-state index in [1.807, 2.05) is 75.4 Å². The average Bonchev–Trinajstić information content (AvgIpc) is 3.32. The quantitative estimate of drug-likeness (QED) is 0.477. The molecule has 0 radical (unpaired) electrons. The molecule has 7 nitrogen and oxygen atoms in total. The summed E-state index contributed by atoms with van der Waals surface area (Å²) in [5, 5.41) is 6.88. The Morgan fingerprint density at radius 3 is 2.39 bits per heavy atom. The molecular weight excluding hydrogens is 416 g/mol. The van der Waals surface area contributed by atoms with Gasteiger partial charge in [0.1, 0.15) is 18.4 Å². The molecule has 1 heterocycles. The van der Waals surface area contributed by atoms with Crippen molar-refractivity contribution in [1.82, 2.24) is 20.1 Å². The minimum Gasteiger partial charge on any atom is -0.465 e. The minimum atomic E-state index is -0.763. The number of halogens is 1. The number of amides is 1. The van der Waals surface area contributed by atoms with Gasteiger partial charge in [0.05, 0.1) is 0 Å². The Labute approximate surface area is 187 Å². The van der Waals surface area contributed by atoms with E-state index in [9.17, 15) is 4.79 Å². The van der Waals surface area contributed by atoms with Crippen LogP contribution in [-0.2, 0) is 4.74 Å². The predicted octanol–water partition coefficient (Wildman–Crippen LogP) is 4.90. The molecule has 0 saturated heterocycles. The Hall–Kier alpha value is -3.06. The van der Waals surface area contributed by atoms with Crippen LogP contribution in [0.1, 0.15) is 27.0 Å². The van der Waals surface area contributed by atoms with Crippen molar-refractivity contribution in [3.63, 3.8) is 0 Å². The zero-order valence-electron chi connectivity index (χ0n) is 17.9. The summed E-state index contributed by atoms with van der Waals surface area (Å²) < 4.78 is 13.6. The summed E-state index contributed by atoms with van der Waals surface area (Å²) >= 11 is 6.23. The van der Waals surface area contributed by atoms with Gasteiger partial charge in [-0.2, -0.15) is 5.10 Å². The van der Waals surface area contributed by atoms with E-state index in [4.69, 9.17) is 21.1 Å². The normalized spacial score (nSPS) is 13.3. The maximum absolute atomic E-state index is 12.3. The van der Waals surface area contributed by atoms with Gasteiger partial charge in [0.15, 0.2) is 6.10 Å². The molecule has 3 aromatic rings. The van der Waals surface area contributed by atoms with Gasteiger partial charge in [-0.3, -0.25) is 0 Å². The fraction of sp³-hybridized carbons (Fsp3) is 0.348. The van der Waals surface area contributed by atoms with Crippen LogP contribution in [0.25, 0.3) is 11.1 Å². The summed E-state index contributed by atoms with van der Waals surface area (Å²) in [7, 11) is 0. The number of nitrogens with one attached hydrogen (secondary N) is 1. The standard InChI is InChI=1S/C23H27ClN4O3/c1-4-26-22(29)31-20(23(2,3)14-24)21(28-16-25-15-27-28)30-19-12-10-18(11-13-19)17-8-6-5-7-9-17/h5-13,15-16,20-21H,4,14H2,1-3H3,(H,26,29). The Balaban J connectivity index is 1.90. The topological polar surface area (TPSA) is 78.3 Å². The molecule has 1 N–H and O–H groups in total. The monoisotopic (exact) mass is 442 g/mol. The highest BCUT2D eigenvalue weighted by molar-refractivity contribution is 6.18. The third-order valence-corrected chi connectivity index (χ3v) is 5.53. The lowest BCUT2D eigenvalue weighted by Crippen LogP contribution is -2.46. The lowest BCUT2D eigenvalue weighted by atomic mass is 9.87. The summed E-state index contributed by atoms with van der Waals surface area (Å²) in [6, 6.07) is 17.8. The Morgan fingerprint density at radius 1 is 1.13 bits per heavy atom. The van der Waals surface area contributed by atoms with Gasteiger partial charge < -0.3 is 14.8 Å². The van der Waals surface area contributed by atoms with Crippen LogP contribution in [0.15, 0.2) is 67.3 Å². The van der Waals surface area contributed by atoms with Gasteiger partial charge in [0, 0.05) is 17.8 Å². The number of hydrogen-bond donors (Lipinski definition) is 1. The summed E-state index contributed by atoms with van der Waals surface area (Å²) in [6.07, 6.45) is 0.903. The first-order valence-electron chi connectivity index (χ1n) is 10.1. The largest absolute Gasteiger partial charge is 0.465 e. The van der Waals surface area contributed by atoms with Gasteiger partial charge in [-0.1, -0.05) is 56.3 Å². The SMILES string of the molecule is CCNC(=O)OC(C(Oc1ccc(-c2ccccc2)cc1)n1cncn1)C(C)(C)CCl. The fourth-order valence-electron chi connectivity index (χ4n) is 3.08. The second-order valence-corrected chi connectivity index (χ2v) is 8.02. The van der Waals surface area contributed by atoms with Crippen molar-refractivity contribution in [2.45, 2.75) is 33.1 Å². The Kier molecular flexibility index (Phi) is 7.52. The van der Waals surface area contributed by atoms with Crippen LogP contribution in [0.3, 0.4) is 0 Å². The molecule has 31 heavy (non-hydrogen) atoms. The van der Waals surface area contributed by atoms with Crippen LogP contribution in [0.4, 0.5) is 4.79 Å². The third kappa shape index (κ3) is 5.76. The second kappa shape index (κ2) is 10.3. The van der Waals surface area contributed by atoms with Crippen LogP contribution in [0.2, 0.25) is 0 Å². The number of alkyl carbamates (subject to hydrolysis) is 1. The average molecular weight is 443 g/mol. The molecule has 0 aliphatic rings. The molecule has 0 saturated carbocycles. The van der Waals surface area contributed by atoms with Gasteiger partial charge >= 0.3 is 6.09 Å². The van der Waals surface area contributed by atoms with Gasteiger partial charge in [-0.15, -0.1) is 11.6 Å². The van der Waals surface area contributed by atoms with Crippen molar-refractivity contribution < 1.29 is 14.3 Å². The van der Waals surface area contributed by atoms with Crippen LogP contribution >= 0.6 is 11.6 Å². The highest BCUT2D eigenvalue weighted by Crippen LogP contribution is 2.35. The van der Waals surface area contributed by atoms with Gasteiger partial charge in [0.2, 0.25) is 6.23 Å². The van der Waals surface area contributed by atoms with E-state index in [2.05, 4.69) is 15.4 Å². The van der Waals surface area contributed by atoms with E-state index in [-0.39, 0.29) is 5.88 Å². The third-order valence-electron chi connectivity index (χ3n) is 4.84. The number of hydrogen-bond acceptors (Lipinski definition) is 5. The predicted molar refractivity (Wildman–Crippen MR) is 120 cm³/mol. The van der Waals surface area contributed by atoms with Crippen molar-refractivity contribution in [2.75, 3.05) is 12.4 Å². The van der Waals surface area contributed by atoms with E-state index in [0.29, 0.717) is 12.3 Å². The number of aromatic nitrogens is 3. The molecule has 2 atom stereocenters. The first-order chi connectivity index (χ1) is 14.9. The molecule has 0 spiro atoms. The lowest BCUT2D eigenvalue weighted by Gasteiger charge is -2.37. The van der Waals surface area contributed by atoms with E-state index >= 15 is 0 Å². The van der Waals surface area contributed by atoms with Crippen LogP contribution in [0.5, 0.6) is 5.75 Å². The number of ether oxygens (including phenoxy) is 2. The van der Waals surface area contributed by atoms with Crippen molar-refractivity contribution in [3.05, 3.63) is 67.3 Å². The van der Waals surface area contributed by atoms with Crippen molar-refractivity contribution in [2.24, 2.45) is 5.41 Å². The second-order valence-electron chi connectivity index (χ2n) is 7.75. The van der Waals surface area contributed by atoms with E-state index in [1.165, 1.54) is 17.3 Å². The highest BCUT2D eigenvalue weighted by Gasteiger charge is 2.41. The number of carbonyl (C=O) groups is 1. The van der Waals surface area contributed by atoms with Crippen LogP contribution in [-0.4, -0.2) is 39.4 Å². The molecule has 0 fully saturated rings. The molecular formula is C23H27ClN4O3. The Morgan fingerprint density at radius 2 is 1.81 bits per heavy atom. The molecule has 2 unspecified atom stereocenters. The first-order valence-corrected chi connectivity index (χ1v) is 10.6. The number of nitrogens with zero attached hydrogens (tertiary/aromatic N) is 3. The molecule has 3 rings (SSSR count). The molecule has 0 bridgehead atoms. The number of carbonyl (C=O) groups excluding carboxylic acids is 1. The molecule has 1 amide bonds. The molecule has 8 heteroatoms. The lowest BCUT2D eigenvalue weighted by molar-refractivity contribution is -0.0781. The summed E-state index contributed by atoms with van der Waals surface area (Å²) in [4.78, 5) is 16.3. The maximum Gasteiger partial charge on any atom is 0.407 e. The van der Waals surface area contributed by atoms with E-state index in [0.717, 1.165) is 11.1 Å². The molecule has 2 aromatic carbocycles. The van der Waals surface area contributed by atoms with Crippen LogP contribution < -0.4 is 10.1 Å². The molecule has 1 aromatic heterocycles. The summed E-state index contributed by atoms with van der Waals surface area (Å²) in [5.41, 5.74) is 1.58. The molecule has 0 aliphatic heterocycles. The van der Waals surface area contributed by atoms with Gasteiger partial charge in [-0.25, -0.2) is 14.5 Å². The number of alkyl halides is 1. The van der Waals surface area contributed by atoms with Gasteiger partial charge in [0.25, 0.3) is 0 Å².